The molecule has 0 aliphatic heterocycles. The first kappa shape index (κ1) is 12.3. The molecule has 0 saturated heterocycles. The van der Waals surface area contributed by atoms with E-state index in [0.29, 0.717) is 0 Å². The standard InChI is InChI=1S/C12H14BrNS2/c1-2-8-3-4-9(16-8)7-11(14)12-10(13)5-6-15-12/h3-6,11H,2,7,14H2,1H3. The first-order chi connectivity index (χ1) is 7.70. The fraction of sp³-hybridized carbons (Fsp3) is 0.333. The highest BCUT2D eigenvalue weighted by atomic mass is 79.9. The van der Waals surface area contributed by atoms with Crippen LogP contribution in [0.1, 0.15) is 27.6 Å². The maximum Gasteiger partial charge on any atom is 0.0449 e. The quantitative estimate of drug-likeness (QED) is 0.890. The molecule has 1 atom stereocenters. The lowest BCUT2D eigenvalue weighted by Gasteiger charge is -2.08. The molecule has 2 heterocycles. The minimum Gasteiger partial charge on any atom is -0.323 e. The van der Waals surface area contributed by atoms with Crippen LogP contribution in [0.25, 0.3) is 0 Å². The molecule has 0 aliphatic carbocycles. The number of halogens is 1. The molecule has 2 aromatic heterocycles. The van der Waals surface area contributed by atoms with Crippen molar-refractivity contribution in [2.45, 2.75) is 25.8 Å². The molecular formula is C12H14BrNS2. The van der Waals surface area contributed by atoms with E-state index in [1.54, 1.807) is 11.3 Å². The van der Waals surface area contributed by atoms with Crippen LogP contribution in [0.5, 0.6) is 0 Å². The van der Waals surface area contributed by atoms with Gasteiger partial charge in [-0.1, -0.05) is 6.92 Å². The third-order valence-electron chi connectivity index (χ3n) is 2.47. The Bertz CT molecular complexity index is 461. The molecule has 0 saturated carbocycles. The molecule has 0 bridgehead atoms. The van der Waals surface area contributed by atoms with Gasteiger partial charge in [0.25, 0.3) is 0 Å². The zero-order chi connectivity index (χ0) is 11.5. The van der Waals surface area contributed by atoms with Crippen molar-refractivity contribution < 1.29 is 0 Å². The van der Waals surface area contributed by atoms with Gasteiger partial charge in [0.2, 0.25) is 0 Å². The number of rotatable bonds is 4. The SMILES string of the molecule is CCc1ccc(CC(N)c2sccc2Br)s1. The van der Waals surface area contributed by atoms with Gasteiger partial charge in [-0.15, -0.1) is 22.7 Å². The minimum atomic E-state index is 0.109. The summed E-state index contributed by atoms with van der Waals surface area (Å²) in [6.07, 6.45) is 2.05. The zero-order valence-corrected chi connectivity index (χ0v) is 12.3. The van der Waals surface area contributed by atoms with Crippen LogP contribution in [0.3, 0.4) is 0 Å². The fourth-order valence-electron chi connectivity index (χ4n) is 1.60. The molecule has 0 aliphatic rings. The van der Waals surface area contributed by atoms with Crippen LogP contribution >= 0.6 is 38.6 Å². The molecular weight excluding hydrogens is 302 g/mol. The Morgan fingerprint density at radius 1 is 1.31 bits per heavy atom. The minimum absolute atomic E-state index is 0.109. The largest absolute Gasteiger partial charge is 0.323 e. The second-order valence-corrected chi connectivity index (χ2v) is 6.72. The normalized spacial score (nSPS) is 12.9. The third-order valence-corrected chi connectivity index (χ3v) is 5.72. The van der Waals surface area contributed by atoms with Gasteiger partial charge in [-0.25, -0.2) is 0 Å². The molecule has 0 radical (unpaired) electrons. The van der Waals surface area contributed by atoms with Crippen LogP contribution in [-0.2, 0) is 12.8 Å². The highest BCUT2D eigenvalue weighted by Gasteiger charge is 2.13. The van der Waals surface area contributed by atoms with E-state index < -0.39 is 0 Å². The van der Waals surface area contributed by atoms with Crippen molar-refractivity contribution in [2.75, 3.05) is 0 Å². The molecule has 0 aromatic carbocycles. The van der Waals surface area contributed by atoms with Crippen LogP contribution in [0.4, 0.5) is 0 Å². The Hall–Kier alpha value is -0.160. The van der Waals surface area contributed by atoms with Crippen molar-refractivity contribution in [3.8, 4) is 0 Å². The highest BCUT2D eigenvalue weighted by molar-refractivity contribution is 9.10. The number of thiophene rings is 2. The van der Waals surface area contributed by atoms with Crippen molar-refractivity contribution in [1.29, 1.82) is 0 Å². The average Bonchev–Trinajstić information content (AvgIpc) is 2.86. The van der Waals surface area contributed by atoms with Gasteiger partial charge in [0.1, 0.15) is 0 Å². The molecule has 1 nitrogen and oxygen atoms in total. The second kappa shape index (κ2) is 5.45. The lowest BCUT2D eigenvalue weighted by atomic mass is 10.1. The van der Waals surface area contributed by atoms with Crippen LogP contribution in [0.15, 0.2) is 28.1 Å². The summed E-state index contributed by atoms with van der Waals surface area (Å²) >= 11 is 7.13. The maximum atomic E-state index is 6.21. The predicted molar refractivity (Wildman–Crippen MR) is 76.3 cm³/mol. The molecule has 0 amide bonds. The molecule has 4 heteroatoms. The number of nitrogens with two attached hydrogens (primary N) is 1. The summed E-state index contributed by atoms with van der Waals surface area (Å²) in [5.74, 6) is 0. The fourth-order valence-corrected chi connectivity index (χ4v) is 4.29. The molecule has 2 N–H and O–H groups in total. The third kappa shape index (κ3) is 2.74. The number of hydrogen-bond acceptors (Lipinski definition) is 3. The Morgan fingerprint density at radius 2 is 2.06 bits per heavy atom. The Morgan fingerprint density at radius 3 is 2.62 bits per heavy atom. The summed E-state index contributed by atoms with van der Waals surface area (Å²) in [5, 5.41) is 2.07. The van der Waals surface area contributed by atoms with E-state index in [4.69, 9.17) is 5.73 Å². The van der Waals surface area contributed by atoms with Gasteiger partial charge in [0.15, 0.2) is 0 Å². The molecule has 2 rings (SSSR count). The summed E-state index contributed by atoms with van der Waals surface area (Å²) < 4.78 is 1.14. The summed E-state index contributed by atoms with van der Waals surface area (Å²) in [6.45, 7) is 2.19. The summed E-state index contributed by atoms with van der Waals surface area (Å²) in [7, 11) is 0. The van der Waals surface area contributed by atoms with Gasteiger partial charge in [0, 0.05) is 31.6 Å². The van der Waals surface area contributed by atoms with E-state index >= 15 is 0 Å². The lowest BCUT2D eigenvalue weighted by Crippen LogP contribution is -2.11. The topological polar surface area (TPSA) is 26.0 Å². The van der Waals surface area contributed by atoms with Crippen LogP contribution < -0.4 is 5.73 Å². The van der Waals surface area contributed by atoms with Gasteiger partial charge in [-0.2, -0.15) is 0 Å². The van der Waals surface area contributed by atoms with Gasteiger partial charge in [0.05, 0.1) is 0 Å². The van der Waals surface area contributed by atoms with Crippen LogP contribution in [-0.4, -0.2) is 0 Å². The number of hydrogen-bond donors (Lipinski definition) is 1. The monoisotopic (exact) mass is 315 g/mol. The van der Waals surface area contributed by atoms with Crippen LogP contribution in [0, 0.1) is 0 Å². The molecule has 16 heavy (non-hydrogen) atoms. The Balaban J connectivity index is 2.07. The first-order valence-electron chi connectivity index (χ1n) is 5.26. The molecule has 1 unspecified atom stereocenters. The van der Waals surface area contributed by atoms with Crippen molar-refractivity contribution in [1.82, 2.24) is 0 Å². The van der Waals surface area contributed by atoms with Gasteiger partial charge in [-0.3, -0.25) is 0 Å². The van der Waals surface area contributed by atoms with Gasteiger partial charge < -0.3 is 5.73 Å². The highest BCUT2D eigenvalue weighted by Crippen LogP contribution is 2.31. The molecule has 86 valence electrons. The summed E-state index contributed by atoms with van der Waals surface area (Å²) in [6, 6.07) is 6.57. The first-order valence-corrected chi connectivity index (χ1v) is 7.75. The average molecular weight is 316 g/mol. The van der Waals surface area contributed by atoms with Crippen molar-refractivity contribution >= 4 is 38.6 Å². The Labute approximate surface area is 112 Å². The van der Waals surface area contributed by atoms with E-state index in [9.17, 15) is 0 Å². The van der Waals surface area contributed by atoms with Crippen molar-refractivity contribution in [2.24, 2.45) is 5.73 Å². The lowest BCUT2D eigenvalue weighted by molar-refractivity contribution is 0.742. The molecule has 0 fully saturated rings. The zero-order valence-electron chi connectivity index (χ0n) is 9.07. The van der Waals surface area contributed by atoms with E-state index in [0.717, 1.165) is 17.3 Å². The maximum absolute atomic E-state index is 6.21. The van der Waals surface area contributed by atoms with E-state index in [-0.39, 0.29) is 6.04 Å². The number of aryl methyl sites for hydroxylation is 1. The molecule has 0 spiro atoms. The Kier molecular flexibility index (Phi) is 4.19. The summed E-state index contributed by atoms with van der Waals surface area (Å²) in [5.41, 5.74) is 6.21. The molecule has 2 aromatic rings. The summed E-state index contributed by atoms with van der Waals surface area (Å²) in [4.78, 5) is 4.06. The van der Waals surface area contributed by atoms with Gasteiger partial charge >= 0.3 is 0 Å². The van der Waals surface area contributed by atoms with Gasteiger partial charge in [-0.05, 0) is 45.9 Å². The van der Waals surface area contributed by atoms with Crippen LogP contribution in [0.2, 0.25) is 0 Å². The van der Waals surface area contributed by atoms with E-state index in [1.807, 2.05) is 11.3 Å². The second-order valence-electron chi connectivity index (χ2n) is 3.66. The van der Waals surface area contributed by atoms with Crippen molar-refractivity contribution in [3.05, 3.63) is 42.7 Å². The van der Waals surface area contributed by atoms with Crippen molar-refractivity contribution in [3.63, 3.8) is 0 Å². The van der Waals surface area contributed by atoms with E-state index in [1.165, 1.54) is 14.6 Å². The van der Waals surface area contributed by atoms with E-state index in [2.05, 4.69) is 46.4 Å². The smallest absolute Gasteiger partial charge is 0.0449 e. The predicted octanol–water partition coefficient (Wildman–Crippen LogP) is 4.38.